The number of rotatable bonds is 5. The highest BCUT2D eigenvalue weighted by Crippen LogP contribution is 2.67. The molecule has 3 saturated carbocycles. The van der Waals surface area contributed by atoms with Crippen LogP contribution >= 0.6 is 0 Å². The van der Waals surface area contributed by atoms with Gasteiger partial charge in [0, 0.05) is 0 Å². The van der Waals surface area contributed by atoms with E-state index in [4.69, 9.17) is 0 Å². The van der Waals surface area contributed by atoms with E-state index < -0.39 is 0 Å². The van der Waals surface area contributed by atoms with E-state index in [1.165, 1.54) is 44.1 Å². The van der Waals surface area contributed by atoms with Crippen LogP contribution in [0.2, 0.25) is 0 Å². The molecule has 0 spiro atoms. The molecule has 10 atom stereocenters. The van der Waals surface area contributed by atoms with Crippen molar-refractivity contribution in [3.63, 3.8) is 0 Å². The average molecular weight is 417 g/mol. The van der Waals surface area contributed by atoms with Gasteiger partial charge in [-0.2, -0.15) is 0 Å². The quantitative estimate of drug-likeness (QED) is 0.495. The number of aliphatic hydroxyl groups is 2. The third kappa shape index (κ3) is 3.62. The molecule has 0 aromatic carbocycles. The molecule has 0 heterocycles. The molecule has 0 aromatic rings. The summed E-state index contributed by atoms with van der Waals surface area (Å²) in [4.78, 5) is 0. The fourth-order valence-corrected chi connectivity index (χ4v) is 8.67. The molecule has 0 amide bonds. The van der Waals surface area contributed by atoms with Crippen molar-refractivity contribution in [2.45, 2.75) is 112 Å². The van der Waals surface area contributed by atoms with Gasteiger partial charge in [0.05, 0.1) is 12.2 Å². The predicted octanol–water partition coefficient (Wildman–Crippen LogP) is 6.61. The summed E-state index contributed by atoms with van der Waals surface area (Å²) in [6.07, 6.45) is 12.5. The Morgan fingerprint density at radius 3 is 2.37 bits per heavy atom. The van der Waals surface area contributed by atoms with Gasteiger partial charge in [-0.3, -0.25) is 0 Å². The molecule has 2 nitrogen and oxygen atoms in total. The first-order chi connectivity index (χ1) is 14.1. The van der Waals surface area contributed by atoms with Gasteiger partial charge in [-0.1, -0.05) is 66.0 Å². The molecule has 4 aliphatic rings. The molecular weight excluding hydrogens is 368 g/mol. The zero-order valence-corrected chi connectivity index (χ0v) is 20.5. The maximum Gasteiger partial charge on any atom is 0.0757 e. The smallest absolute Gasteiger partial charge is 0.0757 e. The van der Waals surface area contributed by atoms with E-state index in [1.54, 1.807) is 0 Å². The molecule has 0 aliphatic heterocycles. The molecule has 3 fully saturated rings. The van der Waals surface area contributed by atoms with E-state index in [2.05, 4.69) is 47.6 Å². The van der Waals surface area contributed by atoms with Crippen LogP contribution in [0.4, 0.5) is 0 Å². The lowest BCUT2D eigenvalue weighted by atomic mass is 9.46. The normalized spacial score (nSPS) is 47.8. The Hall–Kier alpha value is -0.340. The summed E-state index contributed by atoms with van der Waals surface area (Å²) in [5.74, 6) is 4.92. The van der Waals surface area contributed by atoms with Crippen LogP contribution in [0.15, 0.2) is 11.6 Å². The molecule has 30 heavy (non-hydrogen) atoms. The minimum atomic E-state index is -0.303. The maximum absolute atomic E-state index is 11.3. The summed E-state index contributed by atoms with van der Waals surface area (Å²) in [5.41, 5.74) is 1.98. The Morgan fingerprint density at radius 2 is 1.67 bits per heavy atom. The molecule has 0 aromatic heterocycles. The van der Waals surface area contributed by atoms with Crippen LogP contribution < -0.4 is 0 Å². The number of aliphatic hydroxyl groups excluding tert-OH is 2. The van der Waals surface area contributed by atoms with Crippen molar-refractivity contribution >= 4 is 0 Å². The van der Waals surface area contributed by atoms with Crippen LogP contribution in [0, 0.1) is 52.3 Å². The first-order valence-electron chi connectivity index (χ1n) is 13.1. The third-order valence-electron chi connectivity index (χ3n) is 11.1. The lowest BCUT2D eigenvalue weighted by Gasteiger charge is -2.59. The van der Waals surface area contributed by atoms with E-state index in [1.807, 2.05) is 0 Å². The Kier molecular flexibility index (Phi) is 6.26. The fraction of sp³-hybridized carbons (Fsp3) is 0.929. The number of fused-ring (bicyclic) bond motifs is 5. The highest BCUT2D eigenvalue weighted by atomic mass is 16.3. The predicted molar refractivity (Wildman–Crippen MR) is 125 cm³/mol. The van der Waals surface area contributed by atoms with Gasteiger partial charge in [-0.05, 0) is 97.2 Å². The molecule has 2 N–H and O–H groups in total. The largest absolute Gasteiger partial charge is 0.393 e. The van der Waals surface area contributed by atoms with Gasteiger partial charge in [0.25, 0.3) is 0 Å². The number of hydrogen-bond donors (Lipinski definition) is 2. The summed E-state index contributed by atoms with van der Waals surface area (Å²) in [6, 6.07) is 0. The SMILES string of the molecule is CC(C)[C@H](C)CC[C@@H](C)C1CCC2C3C(O)C=C4C[C@@H](O)CC[C@]4(C)C3CC[C@@]21C. The monoisotopic (exact) mass is 416 g/mol. The van der Waals surface area contributed by atoms with Crippen LogP contribution in [0.25, 0.3) is 0 Å². The lowest BCUT2D eigenvalue weighted by Crippen LogP contribution is -2.54. The molecule has 4 rings (SSSR count). The number of hydrogen-bond acceptors (Lipinski definition) is 2. The molecule has 4 aliphatic carbocycles. The topological polar surface area (TPSA) is 40.5 Å². The van der Waals surface area contributed by atoms with Gasteiger partial charge in [-0.15, -0.1) is 0 Å². The Labute approximate surface area is 185 Å². The summed E-state index contributed by atoms with van der Waals surface area (Å²) in [6.45, 7) is 14.7. The van der Waals surface area contributed by atoms with E-state index >= 15 is 0 Å². The van der Waals surface area contributed by atoms with Crippen molar-refractivity contribution < 1.29 is 10.2 Å². The second-order valence-electron chi connectivity index (χ2n) is 12.8. The van der Waals surface area contributed by atoms with E-state index in [0.29, 0.717) is 23.2 Å². The summed E-state index contributed by atoms with van der Waals surface area (Å²) >= 11 is 0. The van der Waals surface area contributed by atoms with Crippen LogP contribution in [0.3, 0.4) is 0 Å². The highest BCUT2D eigenvalue weighted by molar-refractivity contribution is 5.27. The fourth-order valence-electron chi connectivity index (χ4n) is 8.67. The van der Waals surface area contributed by atoms with Crippen LogP contribution in [0.5, 0.6) is 0 Å². The van der Waals surface area contributed by atoms with Gasteiger partial charge in [0.15, 0.2) is 0 Å². The summed E-state index contributed by atoms with van der Waals surface area (Å²) in [5, 5.41) is 21.5. The van der Waals surface area contributed by atoms with Crippen LogP contribution in [0.1, 0.15) is 99.3 Å². The Balaban J connectivity index is 1.53. The second kappa shape index (κ2) is 8.22. The minimum absolute atomic E-state index is 0.202. The van der Waals surface area contributed by atoms with Gasteiger partial charge in [0.2, 0.25) is 0 Å². The van der Waals surface area contributed by atoms with Gasteiger partial charge < -0.3 is 10.2 Å². The van der Waals surface area contributed by atoms with Crippen molar-refractivity contribution in [1.82, 2.24) is 0 Å². The van der Waals surface area contributed by atoms with Crippen molar-refractivity contribution in [2.24, 2.45) is 52.3 Å². The average Bonchev–Trinajstić information content (AvgIpc) is 3.04. The molecule has 0 saturated heterocycles. The first kappa shape index (κ1) is 22.8. The van der Waals surface area contributed by atoms with Crippen LogP contribution in [-0.2, 0) is 0 Å². The molecule has 0 radical (unpaired) electrons. The molecule has 2 heteroatoms. The molecular formula is C28H48O2. The highest BCUT2D eigenvalue weighted by Gasteiger charge is 2.61. The Morgan fingerprint density at radius 1 is 0.933 bits per heavy atom. The molecule has 172 valence electrons. The van der Waals surface area contributed by atoms with E-state index in [0.717, 1.165) is 42.9 Å². The zero-order valence-electron chi connectivity index (χ0n) is 20.5. The zero-order chi connectivity index (χ0) is 21.8. The Bertz CT molecular complexity index is 653. The molecule has 5 unspecified atom stereocenters. The summed E-state index contributed by atoms with van der Waals surface area (Å²) in [7, 11) is 0. The van der Waals surface area contributed by atoms with E-state index in [9.17, 15) is 10.2 Å². The first-order valence-corrected chi connectivity index (χ1v) is 13.1. The standard InChI is InChI=1S/C28H48O2/c1-17(2)18(3)7-8-19(4)22-9-10-23-26-24(12-14-28(22,23)6)27(5)13-11-21(29)15-20(27)16-25(26)30/h16-19,21-26,29-30H,7-15H2,1-6H3/t18-,19-,21+,22?,23?,24?,25?,26?,27+,28-/m1/s1. The second-order valence-corrected chi connectivity index (χ2v) is 12.8. The summed E-state index contributed by atoms with van der Waals surface area (Å²) < 4.78 is 0. The lowest BCUT2D eigenvalue weighted by molar-refractivity contribution is -0.0971. The van der Waals surface area contributed by atoms with Gasteiger partial charge in [-0.25, -0.2) is 0 Å². The maximum atomic E-state index is 11.3. The van der Waals surface area contributed by atoms with Crippen LogP contribution in [-0.4, -0.2) is 22.4 Å². The van der Waals surface area contributed by atoms with Crippen molar-refractivity contribution in [3.8, 4) is 0 Å². The van der Waals surface area contributed by atoms with E-state index in [-0.39, 0.29) is 17.6 Å². The minimum Gasteiger partial charge on any atom is -0.393 e. The van der Waals surface area contributed by atoms with Crippen molar-refractivity contribution in [2.75, 3.05) is 0 Å². The van der Waals surface area contributed by atoms with Gasteiger partial charge in [0.1, 0.15) is 0 Å². The van der Waals surface area contributed by atoms with Crippen molar-refractivity contribution in [1.29, 1.82) is 0 Å². The third-order valence-corrected chi connectivity index (χ3v) is 11.1. The molecule has 0 bridgehead atoms. The van der Waals surface area contributed by atoms with Gasteiger partial charge >= 0.3 is 0 Å². The van der Waals surface area contributed by atoms with Crippen molar-refractivity contribution in [3.05, 3.63) is 11.6 Å².